The summed E-state index contributed by atoms with van der Waals surface area (Å²) in [6.45, 7) is 2.92. The van der Waals surface area contributed by atoms with E-state index in [1.165, 1.54) is 45.4 Å². The van der Waals surface area contributed by atoms with Crippen LogP contribution >= 0.6 is 0 Å². The molecular weight excluding hydrogens is 418 g/mol. The number of carbonyl (C=O) groups is 1. The van der Waals surface area contributed by atoms with E-state index in [0.29, 0.717) is 0 Å². The predicted molar refractivity (Wildman–Crippen MR) is 102 cm³/mol. The Balaban J connectivity index is 2.00. The molecule has 1 N–H and O–H groups in total. The number of aromatic nitrogens is 1. The number of azo groups is 1. The summed E-state index contributed by atoms with van der Waals surface area (Å²) in [6, 6.07) is 5.22. The summed E-state index contributed by atoms with van der Waals surface area (Å²) in [7, 11) is 1.33. The third-order valence-electron chi connectivity index (χ3n) is 5.37. The first-order chi connectivity index (χ1) is 14.4. The van der Waals surface area contributed by atoms with E-state index < -0.39 is 47.8 Å². The number of carbonyl (C=O) groups excluding carboxylic acids is 1. The van der Waals surface area contributed by atoms with Gasteiger partial charge in [-0.3, -0.25) is 9.78 Å². The molecule has 2 heterocycles. The number of nitrogens with zero attached hydrogens (tertiary/aromatic N) is 3. The number of halogens is 4. The minimum atomic E-state index is -5.04. The SMILES string of the molecule is COc1ccc(F)cc1C(C)(C)CC(O)(CC1N=NC(=O)c2ncccc21)C(F)(F)F. The number of hydrogen-bond donors (Lipinski definition) is 1. The first-order valence-electron chi connectivity index (χ1n) is 9.41. The fourth-order valence-electron chi connectivity index (χ4n) is 3.89. The van der Waals surface area contributed by atoms with Gasteiger partial charge in [-0.25, -0.2) is 4.39 Å². The lowest BCUT2D eigenvalue weighted by Gasteiger charge is -2.39. The number of amides is 1. The van der Waals surface area contributed by atoms with E-state index in [-0.39, 0.29) is 22.6 Å². The lowest BCUT2D eigenvalue weighted by atomic mass is 9.72. The first-order valence-corrected chi connectivity index (χ1v) is 9.41. The van der Waals surface area contributed by atoms with Gasteiger partial charge in [-0.05, 0) is 36.1 Å². The molecule has 1 aliphatic rings. The van der Waals surface area contributed by atoms with Gasteiger partial charge in [0.25, 0.3) is 0 Å². The largest absolute Gasteiger partial charge is 0.496 e. The first kappa shape index (κ1) is 22.8. The van der Waals surface area contributed by atoms with Crippen LogP contribution in [0, 0.1) is 5.82 Å². The summed E-state index contributed by atoms with van der Waals surface area (Å²) in [5.74, 6) is -1.19. The molecule has 2 atom stereocenters. The smallest absolute Gasteiger partial charge is 0.417 e. The van der Waals surface area contributed by atoms with Crippen molar-refractivity contribution in [1.29, 1.82) is 0 Å². The molecule has 0 saturated heterocycles. The van der Waals surface area contributed by atoms with Crippen LogP contribution < -0.4 is 4.74 Å². The van der Waals surface area contributed by atoms with Gasteiger partial charge in [-0.1, -0.05) is 19.9 Å². The molecule has 0 radical (unpaired) electrons. The summed E-state index contributed by atoms with van der Waals surface area (Å²) in [4.78, 5) is 15.7. The molecule has 2 unspecified atom stereocenters. The van der Waals surface area contributed by atoms with Crippen molar-refractivity contribution in [3.8, 4) is 5.75 Å². The van der Waals surface area contributed by atoms with Crippen molar-refractivity contribution in [3.63, 3.8) is 0 Å². The fraction of sp³-hybridized carbons (Fsp3) is 0.429. The van der Waals surface area contributed by atoms with Crippen LogP contribution in [0.3, 0.4) is 0 Å². The van der Waals surface area contributed by atoms with Crippen LogP contribution in [-0.2, 0) is 5.41 Å². The quantitative estimate of drug-likeness (QED) is 0.647. The Bertz CT molecular complexity index is 1020. The lowest BCUT2D eigenvalue weighted by Crippen LogP contribution is -2.50. The van der Waals surface area contributed by atoms with Crippen molar-refractivity contribution < 1.29 is 32.2 Å². The number of rotatable bonds is 6. The number of fused-ring (bicyclic) bond motifs is 1. The maximum absolute atomic E-state index is 14.1. The van der Waals surface area contributed by atoms with Gasteiger partial charge in [-0.15, -0.1) is 5.11 Å². The van der Waals surface area contributed by atoms with Crippen LogP contribution in [0.2, 0.25) is 0 Å². The zero-order chi connectivity index (χ0) is 23.0. The van der Waals surface area contributed by atoms with Gasteiger partial charge in [0.2, 0.25) is 0 Å². The van der Waals surface area contributed by atoms with E-state index in [1.54, 1.807) is 0 Å². The zero-order valence-corrected chi connectivity index (χ0v) is 17.1. The number of pyridine rings is 1. The molecule has 1 amide bonds. The minimum Gasteiger partial charge on any atom is -0.496 e. The molecule has 0 saturated carbocycles. The molecule has 0 spiro atoms. The standard InChI is InChI=1S/C21H21F4N3O3/c1-19(2,14-9-12(22)6-7-16(14)31-3)11-20(30,21(23,24)25)10-15-13-5-4-8-26-17(13)18(29)28-27-15/h4-9,15,30H,10-11H2,1-3H3. The molecule has 0 bridgehead atoms. The number of methoxy groups -OCH3 is 1. The van der Waals surface area contributed by atoms with Gasteiger partial charge in [0.05, 0.1) is 7.11 Å². The van der Waals surface area contributed by atoms with E-state index in [1.807, 2.05) is 0 Å². The van der Waals surface area contributed by atoms with Crippen molar-refractivity contribution >= 4 is 5.91 Å². The van der Waals surface area contributed by atoms with Gasteiger partial charge < -0.3 is 9.84 Å². The molecule has 3 rings (SSSR count). The Morgan fingerprint density at radius 3 is 2.55 bits per heavy atom. The lowest BCUT2D eigenvalue weighted by molar-refractivity contribution is -0.270. The number of ether oxygens (including phenoxy) is 1. The van der Waals surface area contributed by atoms with E-state index in [9.17, 15) is 27.5 Å². The van der Waals surface area contributed by atoms with Crippen molar-refractivity contribution in [3.05, 3.63) is 59.2 Å². The third-order valence-corrected chi connectivity index (χ3v) is 5.37. The second-order valence-corrected chi connectivity index (χ2v) is 8.12. The maximum Gasteiger partial charge on any atom is 0.417 e. The molecule has 1 aliphatic heterocycles. The van der Waals surface area contributed by atoms with E-state index in [2.05, 4.69) is 15.2 Å². The number of benzene rings is 1. The summed E-state index contributed by atoms with van der Waals surface area (Å²) in [6.07, 6.45) is -5.40. The van der Waals surface area contributed by atoms with Gasteiger partial charge in [0.1, 0.15) is 23.3 Å². The predicted octanol–water partition coefficient (Wildman–Crippen LogP) is 4.93. The second-order valence-electron chi connectivity index (χ2n) is 8.12. The van der Waals surface area contributed by atoms with Crippen LogP contribution in [0.1, 0.15) is 54.3 Å². The monoisotopic (exact) mass is 439 g/mol. The van der Waals surface area contributed by atoms with E-state index in [0.717, 1.165) is 12.1 Å². The third kappa shape index (κ3) is 4.43. The Labute approximate surface area is 176 Å². The molecule has 1 aromatic heterocycles. The van der Waals surface area contributed by atoms with E-state index in [4.69, 9.17) is 4.74 Å². The number of alkyl halides is 3. The molecule has 31 heavy (non-hydrogen) atoms. The molecule has 166 valence electrons. The van der Waals surface area contributed by atoms with Crippen LogP contribution in [0.15, 0.2) is 46.8 Å². The Hall–Kier alpha value is -2.88. The molecule has 10 heteroatoms. The van der Waals surface area contributed by atoms with Crippen LogP contribution in [0.5, 0.6) is 5.75 Å². The molecule has 0 fully saturated rings. The molecule has 6 nitrogen and oxygen atoms in total. The summed E-state index contributed by atoms with van der Waals surface area (Å²) in [5.41, 5.74) is -4.31. The maximum atomic E-state index is 14.1. The zero-order valence-electron chi connectivity index (χ0n) is 17.1. The molecule has 1 aromatic carbocycles. The second kappa shape index (κ2) is 7.99. The Kier molecular flexibility index (Phi) is 5.88. The highest BCUT2D eigenvalue weighted by molar-refractivity contribution is 5.94. The Morgan fingerprint density at radius 2 is 1.90 bits per heavy atom. The van der Waals surface area contributed by atoms with Gasteiger partial charge in [-0.2, -0.15) is 18.3 Å². The van der Waals surface area contributed by atoms with Crippen LogP contribution in [-0.4, -0.2) is 34.9 Å². The number of hydrogen-bond acceptors (Lipinski definition) is 5. The van der Waals surface area contributed by atoms with Crippen LogP contribution in [0.25, 0.3) is 0 Å². The average molecular weight is 439 g/mol. The summed E-state index contributed by atoms with van der Waals surface area (Å²) in [5, 5.41) is 17.9. The Morgan fingerprint density at radius 1 is 1.19 bits per heavy atom. The van der Waals surface area contributed by atoms with Crippen molar-refractivity contribution in [2.45, 2.75) is 49.9 Å². The van der Waals surface area contributed by atoms with Gasteiger partial charge >= 0.3 is 12.1 Å². The number of aliphatic hydroxyl groups is 1. The summed E-state index contributed by atoms with van der Waals surface area (Å²) >= 11 is 0. The van der Waals surface area contributed by atoms with Crippen molar-refractivity contribution in [2.75, 3.05) is 7.11 Å². The van der Waals surface area contributed by atoms with E-state index >= 15 is 0 Å². The summed E-state index contributed by atoms with van der Waals surface area (Å²) < 4.78 is 61.4. The van der Waals surface area contributed by atoms with Gasteiger partial charge in [0.15, 0.2) is 5.60 Å². The minimum absolute atomic E-state index is 0.0990. The highest BCUT2D eigenvalue weighted by Gasteiger charge is 2.57. The molecule has 0 aliphatic carbocycles. The highest BCUT2D eigenvalue weighted by atomic mass is 19.4. The van der Waals surface area contributed by atoms with Crippen molar-refractivity contribution in [2.24, 2.45) is 10.2 Å². The normalized spacial score (nSPS) is 18.5. The van der Waals surface area contributed by atoms with Crippen LogP contribution in [0.4, 0.5) is 17.6 Å². The molecule has 2 aromatic rings. The molecular formula is C21H21F4N3O3. The average Bonchev–Trinajstić information content (AvgIpc) is 2.69. The van der Waals surface area contributed by atoms with Gasteiger partial charge in [0, 0.05) is 23.7 Å². The highest BCUT2D eigenvalue weighted by Crippen LogP contribution is 2.48. The van der Waals surface area contributed by atoms with Crippen molar-refractivity contribution in [1.82, 2.24) is 4.98 Å². The topological polar surface area (TPSA) is 84.1 Å². The fourth-order valence-corrected chi connectivity index (χ4v) is 3.89.